The maximum absolute atomic E-state index is 10.7. The minimum atomic E-state index is -0.709. The molecule has 13 rings (SSSR count). The molecule has 0 amide bonds. The van der Waals surface area contributed by atoms with Gasteiger partial charge in [0.25, 0.3) is 0 Å². The monoisotopic (exact) mass is 886 g/mol. The van der Waals surface area contributed by atoms with Gasteiger partial charge in [-0.25, -0.2) is 0 Å². The molecule has 0 atom stereocenters. The topological polar surface area (TPSA) is 61.1 Å². The van der Waals surface area contributed by atoms with Gasteiger partial charge in [-0.1, -0.05) is 146 Å². The minimum Gasteiger partial charge on any atom is -0.457 e. The van der Waals surface area contributed by atoms with Gasteiger partial charge in [-0.3, -0.25) is 4.99 Å². The first-order chi connectivity index (χ1) is 34.1. The van der Waals surface area contributed by atoms with Crippen LogP contribution in [0.5, 0.6) is 23.0 Å². The van der Waals surface area contributed by atoms with Crippen LogP contribution in [0.25, 0.3) is 5.57 Å². The number of nitrogens with zero attached hydrogens (tertiary/aromatic N) is 4. The van der Waals surface area contributed by atoms with E-state index in [1.165, 1.54) is 0 Å². The van der Waals surface area contributed by atoms with Crippen LogP contribution in [0.3, 0.4) is 0 Å². The molecule has 0 radical (unpaired) electrons. The molecule has 0 fully saturated rings. The molecule has 6 nitrogen and oxygen atoms in total. The third kappa shape index (κ3) is 5.50. The number of allylic oxidation sites excluding steroid dienone is 2. The largest absolute Gasteiger partial charge is 0.457 e. The lowest BCUT2D eigenvalue weighted by atomic mass is 9.61. The van der Waals surface area contributed by atoms with Crippen molar-refractivity contribution in [3.8, 4) is 29.1 Å². The Morgan fingerprint density at radius 1 is 0.478 bits per heavy atom. The number of rotatable bonds is 5. The van der Waals surface area contributed by atoms with Gasteiger partial charge >= 0.3 is 0 Å². The van der Waals surface area contributed by atoms with E-state index in [-0.39, 0.29) is 0 Å². The van der Waals surface area contributed by atoms with Crippen LogP contribution in [0.2, 0.25) is 0 Å². The summed E-state index contributed by atoms with van der Waals surface area (Å²) >= 11 is 0. The number of anilines is 5. The van der Waals surface area contributed by atoms with Crippen LogP contribution in [0.15, 0.2) is 235 Å². The molecule has 0 aliphatic carbocycles. The lowest BCUT2D eigenvalue weighted by molar-refractivity contribution is 0.433. The van der Waals surface area contributed by atoms with Crippen molar-refractivity contribution in [2.45, 2.75) is 17.8 Å². The van der Waals surface area contributed by atoms with Crippen LogP contribution in [-0.4, -0.2) is 6.72 Å². The Kier molecular flexibility index (Phi) is 8.98. The van der Waals surface area contributed by atoms with Gasteiger partial charge in [-0.15, -0.1) is 0 Å². The molecule has 9 aromatic carbocycles. The first-order valence-corrected chi connectivity index (χ1v) is 23.2. The molecule has 0 bridgehead atoms. The highest BCUT2D eigenvalue weighted by Gasteiger charge is 2.53. The summed E-state index contributed by atoms with van der Waals surface area (Å²) in [5.41, 5.74) is 15.6. The highest BCUT2D eigenvalue weighted by molar-refractivity contribution is 5.97. The van der Waals surface area contributed by atoms with E-state index in [1.54, 1.807) is 6.20 Å². The summed E-state index contributed by atoms with van der Waals surface area (Å²) in [6.45, 7) is 6.07. The molecule has 0 aromatic heterocycles. The highest BCUT2D eigenvalue weighted by Crippen LogP contribution is 2.65. The van der Waals surface area contributed by atoms with Gasteiger partial charge in [0.15, 0.2) is 0 Å². The Morgan fingerprint density at radius 2 is 0.841 bits per heavy atom. The van der Waals surface area contributed by atoms with Crippen LogP contribution >= 0.6 is 0 Å². The zero-order valence-corrected chi connectivity index (χ0v) is 37.7. The van der Waals surface area contributed by atoms with E-state index in [0.29, 0.717) is 5.56 Å². The highest BCUT2D eigenvalue weighted by atomic mass is 16.5. The van der Waals surface area contributed by atoms with Crippen LogP contribution < -0.4 is 19.3 Å². The summed E-state index contributed by atoms with van der Waals surface area (Å²) in [5, 5.41) is 10.7. The third-order valence-electron chi connectivity index (χ3n) is 14.5. The second kappa shape index (κ2) is 15.4. The van der Waals surface area contributed by atoms with E-state index in [4.69, 9.17) is 9.47 Å². The molecule has 6 heteroatoms. The fraction of sp³-hybridized carbons (Fsp3) is 0.0476. The predicted octanol–water partition coefficient (Wildman–Crippen LogP) is 15.4. The first-order valence-electron chi connectivity index (χ1n) is 23.2. The van der Waals surface area contributed by atoms with Gasteiger partial charge < -0.3 is 19.3 Å². The van der Waals surface area contributed by atoms with Crippen molar-refractivity contribution in [2.24, 2.45) is 4.99 Å². The number of nitriles is 1. The van der Waals surface area contributed by atoms with Crippen molar-refractivity contribution in [3.63, 3.8) is 0 Å². The second-order valence-corrected chi connectivity index (χ2v) is 17.8. The molecule has 4 aliphatic heterocycles. The summed E-state index contributed by atoms with van der Waals surface area (Å²) in [6.07, 6.45) is 3.81. The number of hydrogen-bond donors (Lipinski definition) is 0. The van der Waals surface area contributed by atoms with Crippen LogP contribution in [0.1, 0.15) is 62.6 Å². The van der Waals surface area contributed by atoms with Crippen LogP contribution in [0.4, 0.5) is 28.4 Å². The lowest BCUT2D eigenvalue weighted by Crippen LogP contribution is -2.40. The van der Waals surface area contributed by atoms with Gasteiger partial charge in [0.2, 0.25) is 0 Å². The van der Waals surface area contributed by atoms with Gasteiger partial charge in [0, 0.05) is 34.0 Å². The van der Waals surface area contributed by atoms with Crippen molar-refractivity contribution in [2.75, 3.05) is 9.80 Å². The summed E-state index contributed by atoms with van der Waals surface area (Å²) in [4.78, 5) is 9.05. The maximum atomic E-state index is 10.7. The summed E-state index contributed by atoms with van der Waals surface area (Å²) in [5.74, 6) is 3.31. The smallest absolute Gasteiger partial charge is 0.132 e. The van der Waals surface area contributed by atoms with Crippen molar-refractivity contribution >= 4 is 40.7 Å². The number of ether oxygens (including phenoxy) is 2. The molecule has 0 saturated carbocycles. The normalized spacial score (nSPS) is 15.1. The minimum absolute atomic E-state index is 0.550. The molecule has 4 aliphatic rings. The Morgan fingerprint density at radius 3 is 1.25 bits per heavy atom. The summed E-state index contributed by atoms with van der Waals surface area (Å²) < 4.78 is 13.4. The van der Waals surface area contributed by atoms with Crippen LogP contribution in [-0.2, 0) is 10.8 Å². The average Bonchev–Trinajstić information content (AvgIpc) is 3.41. The van der Waals surface area contributed by atoms with E-state index in [0.717, 1.165) is 113 Å². The van der Waals surface area contributed by atoms with Crippen molar-refractivity contribution in [3.05, 3.63) is 286 Å². The van der Waals surface area contributed by atoms with E-state index in [2.05, 4.69) is 210 Å². The third-order valence-corrected chi connectivity index (χ3v) is 14.5. The van der Waals surface area contributed by atoms with E-state index in [9.17, 15) is 5.26 Å². The predicted molar refractivity (Wildman–Crippen MR) is 276 cm³/mol. The Bertz CT molecular complexity index is 3540. The Balaban J connectivity index is 1.08. The van der Waals surface area contributed by atoms with Gasteiger partial charge in [-0.2, -0.15) is 5.26 Å². The van der Waals surface area contributed by atoms with E-state index in [1.807, 2.05) is 42.5 Å². The SMILES string of the molecule is C=N/C=C\C(=C(/C)c1cc(C#N)ccc1N1c2ccccc2C2(c3ccccc3Oc3ccccc32)c2ccccc21)N1c2ccccc2C2(c3ccccc3Oc3ccccc32)c2ccccc21. The molecule has 0 N–H and O–H groups in total. The van der Waals surface area contributed by atoms with Gasteiger partial charge in [0.05, 0.1) is 56.6 Å². The number of fused-ring (bicyclic) bond motifs is 16. The molecule has 69 heavy (non-hydrogen) atoms. The fourth-order valence-electron chi connectivity index (χ4n) is 11.9. The van der Waals surface area contributed by atoms with Gasteiger partial charge in [-0.05, 0) is 114 Å². The maximum Gasteiger partial charge on any atom is 0.132 e. The first kappa shape index (κ1) is 40.1. The van der Waals surface area contributed by atoms with Crippen molar-refractivity contribution in [1.29, 1.82) is 5.26 Å². The zero-order chi connectivity index (χ0) is 46.3. The fourth-order valence-corrected chi connectivity index (χ4v) is 11.9. The molecule has 0 unspecified atom stereocenters. The molecular weight excluding hydrogens is 845 g/mol. The lowest BCUT2D eigenvalue weighted by Gasteiger charge is -2.49. The Hall–Kier alpha value is -9.18. The molecule has 0 saturated heterocycles. The van der Waals surface area contributed by atoms with Crippen molar-refractivity contribution < 1.29 is 9.47 Å². The second-order valence-electron chi connectivity index (χ2n) is 17.8. The average molecular weight is 887 g/mol. The van der Waals surface area contributed by atoms with Gasteiger partial charge in [0.1, 0.15) is 23.0 Å². The molecule has 9 aromatic rings. The number of benzene rings is 9. The number of para-hydroxylation sites is 8. The molecule has 2 spiro atoms. The standard InChI is InChI=1S/C63H42N4O2/c1-41(52(37-38-65-2)66-54-27-11-3-19-44(54)62(45-20-4-12-28-55(45)66)48-23-7-15-31-58(48)68-59-32-16-8-24-49(59)62)43-39-42(40-64)35-36-53(43)67-56-29-13-5-21-46(56)63(47-22-6-14-30-57(47)67)50-25-9-17-33-60(50)69-61-34-18-10-26-51(61)63/h3-39H,2H2,1H3/b38-37-,52-41-. The molecular formula is C63H42N4O2. The van der Waals surface area contributed by atoms with E-state index >= 15 is 0 Å². The van der Waals surface area contributed by atoms with Crippen molar-refractivity contribution in [1.82, 2.24) is 0 Å². The quantitative estimate of drug-likeness (QED) is 0.127. The summed E-state index contributed by atoms with van der Waals surface area (Å²) in [6, 6.07) is 77.1. The summed E-state index contributed by atoms with van der Waals surface area (Å²) in [7, 11) is 0. The number of aliphatic imine (C=N–C) groups is 1. The zero-order valence-electron chi connectivity index (χ0n) is 37.7. The van der Waals surface area contributed by atoms with E-state index < -0.39 is 10.8 Å². The Labute approximate surface area is 401 Å². The van der Waals surface area contributed by atoms with Crippen LogP contribution in [0, 0.1) is 11.3 Å². The molecule has 4 heterocycles. The number of hydrogen-bond acceptors (Lipinski definition) is 6. The molecule has 326 valence electrons.